The molecule has 1 N–H and O–H groups in total. The van der Waals surface area contributed by atoms with E-state index in [-0.39, 0.29) is 22.3 Å². The highest BCUT2D eigenvalue weighted by Crippen LogP contribution is 2.20. The van der Waals surface area contributed by atoms with Gasteiger partial charge in [-0.05, 0) is 36.9 Å². The first-order valence-corrected chi connectivity index (χ1v) is 9.11. The molecular weight excluding hydrogens is 371 g/mol. The molecule has 0 atom stereocenters. The topological polar surface area (TPSA) is 65.5 Å². The molecule has 0 radical (unpaired) electrons. The molecule has 2 aromatic rings. The molecule has 6 nitrogen and oxygen atoms in total. The molecule has 8 heteroatoms. The standard InChI is InChI=1S/C19H20ClFN4O2/c1-2-24-8-10-25(11-9-24)19(27)17-5-3-4-16(23-17)18(26)22-13-6-7-15(21)14(20)12-13/h3-7,12H,2,8-11H2,1H3,(H,22,26). The van der Waals surface area contributed by atoms with Crippen LogP contribution in [0.4, 0.5) is 10.1 Å². The summed E-state index contributed by atoms with van der Waals surface area (Å²) in [4.78, 5) is 33.3. The predicted octanol–water partition coefficient (Wildman–Crippen LogP) is 2.90. The van der Waals surface area contributed by atoms with Crippen LogP contribution in [0, 0.1) is 5.82 Å². The van der Waals surface area contributed by atoms with Gasteiger partial charge in [0.1, 0.15) is 17.2 Å². The number of anilines is 1. The van der Waals surface area contributed by atoms with E-state index in [9.17, 15) is 14.0 Å². The molecular formula is C19H20ClFN4O2. The number of nitrogens with zero attached hydrogens (tertiary/aromatic N) is 3. The zero-order valence-corrected chi connectivity index (χ0v) is 15.7. The van der Waals surface area contributed by atoms with Gasteiger partial charge in [0.25, 0.3) is 11.8 Å². The van der Waals surface area contributed by atoms with E-state index >= 15 is 0 Å². The van der Waals surface area contributed by atoms with Gasteiger partial charge >= 0.3 is 0 Å². The van der Waals surface area contributed by atoms with Crippen molar-refractivity contribution in [3.8, 4) is 0 Å². The number of likely N-dealkylation sites (N-methyl/N-ethyl adjacent to an activating group) is 1. The van der Waals surface area contributed by atoms with Crippen LogP contribution < -0.4 is 5.32 Å². The van der Waals surface area contributed by atoms with Gasteiger partial charge in [0.05, 0.1) is 5.02 Å². The van der Waals surface area contributed by atoms with Crippen LogP contribution in [0.15, 0.2) is 36.4 Å². The molecule has 27 heavy (non-hydrogen) atoms. The SMILES string of the molecule is CCN1CCN(C(=O)c2cccc(C(=O)Nc3ccc(F)c(Cl)c3)n2)CC1. The van der Waals surface area contributed by atoms with Gasteiger partial charge in [0.15, 0.2) is 0 Å². The van der Waals surface area contributed by atoms with E-state index in [0.29, 0.717) is 18.8 Å². The summed E-state index contributed by atoms with van der Waals surface area (Å²) in [5.41, 5.74) is 0.679. The average molecular weight is 391 g/mol. The summed E-state index contributed by atoms with van der Waals surface area (Å²) >= 11 is 5.72. The lowest BCUT2D eigenvalue weighted by Gasteiger charge is -2.33. The first kappa shape index (κ1) is 19.3. The van der Waals surface area contributed by atoms with E-state index in [1.54, 1.807) is 17.0 Å². The Balaban J connectivity index is 1.70. The van der Waals surface area contributed by atoms with Crippen LogP contribution in [-0.2, 0) is 0 Å². The van der Waals surface area contributed by atoms with Crippen LogP contribution in [0.5, 0.6) is 0 Å². The van der Waals surface area contributed by atoms with Crippen LogP contribution >= 0.6 is 11.6 Å². The predicted molar refractivity (Wildman–Crippen MR) is 102 cm³/mol. The van der Waals surface area contributed by atoms with E-state index in [2.05, 4.69) is 22.1 Å². The molecule has 1 aromatic carbocycles. The Morgan fingerprint density at radius 1 is 1.15 bits per heavy atom. The highest BCUT2D eigenvalue weighted by Gasteiger charge is 2.23. The van der Waals surface area contributed by atoms with Gasteiger partial charge in [-0.25, -0.2) is 9.37 Å². The van der Waals surface area contributed by atoms with E-state index < -0.39 is 11.7 Å². The molecule has 1 saturated heterocycles. The molecule has 2 heterocycles. The molecule has 2 amide bonds. The Bertz CT molecular complexity index is 853. The maximum absolute atomic E-state index is 13.2. The number of piperazine rings is 1. The molecule has 0 spiro atoms. The minimum Gasteiger partial charge on any atom is -0.335 e. The van der Waals surface area contributed by atoms with Crippen molar-refractivity contribution in [3.63, 3.8) is 0 Å². The van der Waals surface area contributed by atoms with Gasteiger partial charge in [-0.1, -0.05) is 24.6 Å². The lowest BCUT2D eigenvalue weighted by atomic mass is 10.2. The molecule has 3 rings (SSSR count). The van der Waals surface area contributed by atoms with Crippen molar-refractivity contribution in [3.05, 3.63) is 58.6 Å². The minimum atomic E-state index is -0.566. The Kier molecular flexibility index (Phi) is 6.03. The maximum Gasteiger partial charge on any atom is 0.274 e. The first-order valence-electron chi connectivity index (χ1n) is 8.73. The number of nitrogens with one attached hydrogen (secondary N) is 1. The third kappa shape index (κ3) is 4.61. The van der Waals surface area contributed by atoms with Gasteiger partial charge in [-0.15, -0.1) is 0 Å². The molecule has 0 saturated carbocycles. The number of amides is 2. The number of carbonyl (C=O) groups excluding carboxylic acids is 2. The van der Waals surface area contributed by atoms with Crippen LogP contribution in [-0.4, -0.2) is 59.3 Å². The summed E-state index contributed by atoms with van der Waals surface area (Å²) in [5, 5.41) is 2.51. The van der Waals surface area contributed by atoms with Crippen molar-refractivity contribution in [2.24, 2.45) is 0 Å². The second-order valence-corrected chi connectivity index (χ2v) is 6.62. The Morgan fingerprint density at radius 2 is 1.85 bits per heavy atom. The number of pyridine rings is 1. The van der Waals surface area contributed by atoms with Crippen molar-refractivity contribution < 1.29 is 14.0 Å². The minimum absolute atomic E-state index is 0.0871. The van der Waals surface area contributed by atoms with Gasteiger partial charge in [0.2, 0.25) is 0 Å². The van der Waals surface area contributed by atoms with Crippen molar-refractivity contribution >= 4 is 29.1 Å². The third-order valence-electron chi connectivity index (χ3n) is 4.49. The van der Waals surface area contributed by atoms with Gasteiger partial charge in [0, 0.05) is 31.9 Å². The number of carbonyl (C=O) groups is 2. The summed E-state index contributed by atoms with van der Waals surface area (Å²) in [5.74, 6) is -1.25. The number of hydrogen-bond acceptors (Lipinski definition) is 4. The number of rotatable bonds is 4. The molecule has 0 unspecified atom stereocenters. The Morgan fingerprint density at radius 3 is 2.52 bits per heavy atom. The smallest absolute Gasteiger partial charge is 0.274 e. The van der Waals surface area contributed by atoms with Crippen LogP contribution in [0.1, 0.15) is 27.9 Å². The molecule has 1 fully saturated rings. The van der Waals surface area contributed by atoms with Crippen molar-refractivity contribution in [2.75, 3.05) is 38.0 Å². The second kappa shape index (κ2) is 8.45. The first-order chi connectivity index (χ1) is 13.0. The van der Waals surface area contributed by atoms with E-state index in [0.717, 1.165) is 19.6 Å². The summed E-state index contributed by atoms with van der Waals surface area (Å²) < 4.78 is 13.2. The Labute approximate surface area is 161 Å². The molecule has 0 aliphatic carbocycles. The number of hydrogen-bond donors (Lipinski definition) is 1. The van der Waals surface area contributed by atoms with Crippen LogP contribution in [0.25, 0.3) is 0 Å². The zero-order chi connectivity index (χ0) is 19.4. The molecule has 1 aliphatic heterocycles. The maximum atomic E-state index is 13.2. The van der Waals surface area contributed by atoms with E-state index in [1.165, 1.54) is 24.3 Å². The lowest BCUT2D eigenvalue weighted by molar-refractivity contribution is 0.0637. The van der Waals surface area contributed by atoms with Gasteiger partial charge in [-0.3, -0.25) is 9.59 Å². The largest absolute Gasteiger partial charge is 0.335 e. The normalized spacial score (nSPS) is 14.9. The number of benzene rings is 1. The molecule has 0 bridgehead atoms. The van der Waals surface area contributed by atoms with Crippen molar-refractivity contribution in [1.29, 1.82) is 0 Å². The lowest BCUT2D eigenvalue weighted by Crippen LogP contribution is -2.48. The average Bonchev–Trinajstić information content (AvgIpc) is 2.70. The highest BCUT2D eigenvalue weighted by molar-refractivity contribution is 6.31. The quantitative estimate of drug-likeness (QED) is 0.871. The number of halogens is 2. The van der Waals surface area contributed by atoms with E-state index in [4.69, 9.17) is 11.6 Å². The Hall–Kier alpha value is -2.51. The molecule has 142 valence electrons. The molecule has 1 aliphatic rings. The zero-order valence-electron chi connectivity index (χ0n) is 14.9. The fourth-order valence-electron chi connectivity index (χ4n) is 2.88. The van der Waals surface area contributed by atoms with E-state index in [1.807, 2.05) is 0 Å². The fourth-order valence-corrected chi connectivity index (χ4v) is 3.06. The highest BCUT2D eigenvalue weighted by atomic mass is 35.5. The summed E-state index contributed by atoms with van der Waals surface area (Å²) in [6.45, 7) is 5.98. The van der Waals surface area contributed by atoms with Crippen molar-refractivity contribution in [1.82, 2.24) is 14.8 Å². The third-order valence-corrected chi connectivity index (χ3v) is 4.77. The second-order valence-electron chi connectivity index (χ2n) is 6.22. The van der Waals surface area contributed by atoms with Gasteiger partial charge < -0.3 is 15.1 Å². The summed E-state index contributed by atoms with van der Waals surface area (Å²) in [7, 11) is 0. The van der Waals surface area contributed by atoms with Crippen LogP contribution in [0.3, 0.4) is 0 Å². The van der Waals surface area contributed by atoms with Crippen LogP contribution in [0.2, 0.25) is 5.02 Å². The number of aromatic nitrogens is 1. The van der Waals surface area contributed by atoms with Crippen molar-refractivity contribution in [2.45, 2.75) is 6.92 Å². The summed E-state index contributed by atoms with van der Waals surface area (Å²) in [6.07, 6.45) is 0. The fraction of sp³-hybridized carbons (Fsp3) is 0.316. The summed E-state index contributed by atoms with van der Waals surface area (Å²) in [6, 6.07) is 8.63. The monoisotopic (exact) mass is 390 g/mol. The van der Waals surface area contributed by atoms with Gasteiger partial charge in [-0.2, -0.15) is 0 Å². The molecule has 1 aromatic heterocycles.